The topological polar surface area (TPSA) is 41.1 Å². The van der Waals surface area contributed by atoms with Gasteiger partial charge in [-0.25, -0.2) is 0 Å². The van der Waals surface area contributed by atoms with Gasteiger partial charge in [-0.15, -0.1) is 0 Å². The highest BCUT2D eigenvalue weighted by molar-refractivity contribution is 5.81. The van der Waals surface area contributed by atoms with E-state index in [-0.39, 0.29) is 11.8 Å². The van der Waals surface area contributed by atoms with E-state index in [1.165, 1.54) is 24.1 Å². The number of rotatable bonds is 4. The molecule has 0 saturated heterocycles. The highest BCUT2D eigenvalue weighted by Crippen LogP contribution is 2.33. The number of amides is 1. The van der Waals surface area contributed by atoms with E-state index in [2.05, 4.69) is 29.7 Å². The predicted molar refractivity (Wildman–Crippen MR) is 77.1 cm³/mol. The summed E-state index contributed by atoms with van der Waals surface area (Å²) in [6, 6.07) is 8.58. The van der Waals surface area contributed by atoms with E-state index >= 15 is 0 Å². The lowest BCUT2D eigenvalue weighted by Crippen LogP contribution is -2.42. The average Bonchev–Trinajstić information content (AvgIpc) is 3.21. The first-order valence-electron chi connectivity index (χ1n) is 7.34. The molecule has 3 rings (SSSR count). The SMILES string of the molecule is CC(CC1CC1)NC(=O)C1CNc2ccccc2C1. The van der Waals surface area contributed by atoms with Gasteiger partial charge in [0, 0.05) is 18.3 Å². The zero-order chi connectivity index (χ0) is 13.2. The van der Waals surface area contributed by atoms with Gasteiger partial charge in [-0.05, 0) is 37.3 Å². The first kappa shape index (κ1) is 12.5. The summed E-state index contributed by atoms with van der Waals surface area (Å²) in [6.07, 6.45) is 4.69. The van der Waals surface area contributed by atoms with Crippen LogP contribution in [0.25, 0.3) is 0 Å². The maximum absolute atomic E-state index is 12.3. The largest absolute Gasteiger partial charge is 0.384 e. The van der Waals surface area contributed by atoms with Gasteiger partial charge in [-0.1, -0.05) is 31.0 Å². The van der Waals surface area contributed by atoms with Crippen LogP contribution in [-0.4, -0.2) is 18.5 Å². The Bertz CT molecular complexity index is 468. The Kier molecular flexibility index (Phi) is 3.45. The van der Waals surface area contributed by atoms with Crippen LogP contribution in [0, 0.1) is 11.8 Å². The van der Waals surface area contributed by atoms with E-state index in [1.54, 1.807) is 0 Å². The van der Waals surface area contributed by atoms with Crippen molar-refractivity contribution < 1.29 is 4.79 Å². The molecule has 2 aliphatic rings. The smallest absolute Gasteiger partial charge is 0.225 e. The summed E-state index contributed by atoms with van der Waals surface area (Å²) >= 11 is 0. The van der Waals surface area contributed by atoms with Crippen LogP contribution in [0.15, 0.2) is 24.3 Å². The molecular weight excluding hydrogens is 236 g/mol. The fourth-order valence-electron chi connectivity index (χ4n) is 2.90. The molecule has 0 radical (unpaired) electrons. The van der Waals surface area contributed by atoms with Crippen molar-refractivity contribution in [2.75, 3.05) is 11.9 Å². The molecule has 1 aliphatic heterocycles. The van der Waals surface area contributed by atoms with Crippen LogP contribution in [-0.2, 0) is 11.2 Å². The minimum absolute atomic E-state index is 0.0663. The Morgan fingerprint density at radius 1 is 1.42 bits per heavy atom. The third kappa shape index (κ3) is 3.09. The van der Waals surface area contributed by atoms with Gasteiger partial charge in [0.15, 0.2) is 0 Å². The molecule has 1 aromatic rings. The molecule has 0 spiro atoms. The van der Waals surface area contributed by atoms with Gasteiger partial charge in [0.05, 0.1) is 5.92 Å². The van der Waals surface area contributed by atoms with Gasteiger partial charge in [0.1, 0.15) is 0 Å². The first-order valence-corrected chi connectivity index (χ1v) is 7.34. The molecule has 1 fully saturated rings. The number of carbonyl (C=O) groups excluding carboxylic acids is 1. The molecule has 1 amide bonds. The fraction of sp³-hybridized carbons (Fsp3) is 0.562. The van der Waals surface area contributed by atoms with Crippen molar-refractivity contribution in [2.24, 2.45) is 11.8 Å². The minimum Gasteiger partial charge on any atom is -0.384 e. The van der Waals surface area contributed by atoms with Crippen molar-refractivity contribution in [3.8, 4) is 0 Å². The average molecular weight is 258 g/mol. The standard InChI is InChI=1S/C16H22N2O/c1-11(8-12-6-7-12)18-16(19)14-9-13-4-2-3-5-15(13)17-10-14/h2-5,11-12,14,17H,6-10H2,1H3,(H,18,19). The van der Waals surface area contributed by atoms with Crippen LogP contribution < -0.4 is 10.6 Å². The van der Waals surface area contributed by atoms with Crippen LogP contribution in [0.4, 0.5) is 5.69 Å². The monoisotopic (exact) mass is 258 g/mol. The maximum atomic E-state index is 12.3. The molecule has 0 bridgehead atoms. The lowest BCUT2D eigenvalue weighted by molar-refractivity contribution is -0.125. The summed E-state index contributed by atoms with van der Waals surface area (Å²) in [4.78, 5) is 12.3. The molecule has 19 heavy (non-hydrogen) atoms. The third-order valence-corrected chi connectivity index (χ3v) is 4.17. The molecule has 2 N–H and O–H groups in total. The van der Waals surface area contributed by atoms with E-state index in [0.29, 0.717) is 6.04 Å². The molecule has 2 atom stereocenters. The summed E-state index contributed by atoms with van der Waals surface area (Å²) < 4.78 is 0. The second kappa shape index (κ2) is 5.24. The second-order valence-electron chi connectivity index (χ2n) is 6.03. The number of hydrogen-bond acceptors (Lipinski definition) is 2. The number of hydrogen-bond donors (Lipinski definition) is 2. The van der Waals surface area contributed by atoms with Gasteiger partial charge < -0.3 is 10.6 Å². The minimum atomic E-state index is 0.0663. The summed E-state index contributed by atoms with van der Waals surface area (Å²) in [6.45, 7) is 2.87. The lowest BCUT2D eigenvalue weighted by Gasteiger charge is -2.26. The summed E-state index contributed by atoms with van der Waals surface area (Å²) in [5, 5.41) is 6.53. The zero-order valence-corrected chi connectivity index (χ0v) is 11.5. The number of anilines is 1. The zero-order valence-electron chi connectivity index (χ0n) is 11.5. The van der Waals surface area contributed by atoms with Crippen LogP contribution in [0.2, 0.25) is 0 Å². The van der Waals surface area contributed by atoms with Crippen LogP contribution in [0.1, 0.15) is 31.7 Å². The molecule has 1 saturated carbocycles. The lowest BCUT2D eigenvalue weighted by atomic mass is 9.93. The van der Waals surface area contributed by atoms with Gasteiger partial charge in [-0.2, -0.15) is 0 Å². The number of para-hydroxylation sites is 1. The third-order valence-electron chi connectivity index (χ3n) is 4.17. The first-order chi connectivity index (χ1) is 9.22. The molecule has 3 heteroatoms. The van der Waals surface area contributed by atoms with Crippen molar-refractivity contribution >= 4 is 11.6 Å². The van der Waals surface area contributed by atoms with Gasteiger partial charge in [-0.3, -0.25) is 4.79 Å². The second-order valence-corrected chi connectivity index (χ2v) is 6.03. The van der Waals surface area contributed by atoms with Gasteiger partial charge >= 0.3 is 0 Å². The number of nitrogens with one attached hydrogen (secondary N) is 2. The molecule has 2 unspecified atom stereocenters. The summed E-state index contributed by atoms with van der Waals surface area (Å²) in [7, 11) is 0. The van der Waals surface area contributed by atoms with E-state index in [9.17, 15) is 4.79 Å². The quantitative estimate of drug-likeness (QED) is 0.871. The van der Waals surface area contributed by atoms with Crippen molar-refractivity contribution in [1.82, 2.24) is 5.32 Å². The number of benzene rings is 1. The Labute approximate surface area is 114 Å². The maximum Gasteiger partial charge on any atom is 0.225 e. The van der Waals surface area contributed by atoms with E-state index in [0.717, 1.165) is 25.3 Å². The van der Waals surface area contributed by atoms with E-state index < -0.39 is 0 Å². The highest BCUT2D eigenvalue weighted by Gasteiger charge is 2.27. The number of carbonyl (C=O) groups is 1. The van der Waals surface area contributed by atoms with E-state index in [1.807, 2.05) is 12.1 Å². The normalized spacial score (nSPS) is 23.1. The van der Waals surface area contributed by atoms with Crippen LogP contribution in [0.5, 0.6) is 0 Å². The molecule has 3 nitrogen and oxygen atoms in total. The summed E-state index contributed by atoms with van der Waals surface area (Å²) in [5.74, 6) is 1.13. The predicted octanol–water partition coefficient (Wildman–Crippen LogP) is 2.58. The van der Waals surface area contributed by atoms with Crippen molar-refractivity contribution in [1.29, 1.82) is 0 Å². The van der Waals surface area contributed by atoms with Gasteiger partial charge in [0.2, 0.25) is 5.91 Å². The molecule has 1 aromatic carbocycles. The molecule has 102 valence electrons. The fourth-order valence-corrected chi connectivity index (χ4v) is 2.90. The molecular formula is C16H22N2O. The Morgan fingerprint density at radius 3 is 3.00 bits per heavy atom. The molecule has 1 heterocycles. The van der Waals surface area contributed by atoms with E-state index in [4.69, 9.17) is 0 Å². The van der Waals surface area contributed by atoms with Gasteiger partial charge in [0.25, 0.3) is 0 Å². The van der Waals surface area contributed by atoms with Crippen molar-refractivity contribution in [3.63, 3.8) is 0 Å². The highest BCUT2D eigenvalue weighted by atomic mass is 16.1. The Balaban J connectivity index is 1.56. The Morgan fingerprint density at radius 2 is 2.21 bits per heavy atom. The van der Waals surface area contributed by atoms with Crippen molar-refractivity contribution in [3.05, 3.63) is 29.8 Å². The van der Waals surface area contributed by atoms with Crippen molar-refractivity contribution in [2.45, 2.75) is 38.6 Å². The number of fused-ring (bicyclic) bond motifs is 1. The Hall–Kier alpha value is -1.51. The molecule has 1 aliphatic carbocycles. The van der Waals surface area contributed by atoms with Crippen LogP contribution in [0.3, 0.4) is 0 Å². The van der Waals surface area contributed by atoms with Crippen LogP contribution >= 0.6 is 0 Å². The molecule has 0 aromatic heterocycles. The summed E-state index contributed by atoms with van der Waals surface area (Å²) in [5.41, 5.74) is 2.43.